The molecule has 1 fully saturated rings. The van der Waals surface area contributed by atoms with E-state index in [0.717, 1.165) is 42.2 Å². The highest BCUT2D eigenvalue weighted by atomic mass is 19.1. The van der Waals surface area contributed by atoms with E-state index >= 15 is 0 Å². The Morgan fingerprint density at radius 3 is 2.57 bits per heavy atom. The van der Waals surface area contributed by atoms with Crippen molar-refractivity contribution in [1.29, 1.82) is 0 Å². The fourth-order valence-electron chi connectivity index (χ4n) is 3.50. The standard InChI is InChI=1S/C21H29FN4O2/c1-6-15-13-17(22)7-8-18(15)26-14(2)23-19(24-26)16-9-11-25(12-10-16)20(27)28-21(3,4)5/h7-8,13,16H,6,9-12H2,1-5H3. The van der Waals surface area contributed by atoms with Crippen LogP contribution in [-0.4, -0.2) is 44.4 Å². The molecule has 0 unspecified atom stereocenters. The topological polar surface area (TPSA) is 60.2 Å². The number of ether oxygens (including phenoxy) is 1. The van der Waals surface area contributed by atoms with Gasteiger partial charge in [0.25, 0.3) is 0 Å². The van der Waals surface area contributed by atoms with Crippen LogP contribution < -0.4 is 0 Å². The quantitative estimate of drug-likeness (QED) is 0.782. The van der Waals surface area contributed by atoms with Crippen molar-refractivity contribution in [3.8, 4) is 5.69 Å². The Kier molecular flexibility index (Phi) is 5.72. The zero-order valence-corrected chi connectivity index (χ0v) is 17.3. The van der Waals surface area contributed by atoms with Crippen molar-refractivity contribution in [2.75, 3.05) is 13.1 Å². The molecule has 1 saturated heterocycles. The Balaban J connectivity index is 1.72. The SMILES string of the molecule is CCc1cc(F)ccc1-n1nc(C2CCN(C(=O)OC(C)(C)C)CC2)nc1C. The van der Waals surface area contributed by atoms with Crippen molar-refractivity contribution in [2.45, 2.75) is 65.4 Å². The predicted octanol–water partition coefficient (Wildman–Crippen LogP) is 4.39. The molecule has 0 spiro atoms. The molecule has 1 aromatic heterocycles. The minimum atomic E-state index is -0.489. The largest absolute Gasteiger partial charge is 0.444 e. The summed E-state index contributed by atoms with van der Waals surface area (Å²) in [6.07, 6.45) is 2.05. The van der Waals surface area contributed by atoms with E-state index in [2.05, 4.69) is 4.98 Å². The molecule has 28 heavy (non-hydrogen) atoms. The van der Waals surface area contributed by atoms with Gasteiger partial charge in [-0.15, -0.1) is 0 Å². The van der Waals surface area contributed by atoms with Gasteiger partial charge in [-0.1, -0.05) is 6.92 Å². The molecule has 1 aliphatic heterocycles. The van der Waals surface area contributed by atoms with E-state index in [1.165, 1.54) is 6.07 Å². The van der Waals surface area contributed by atoms with Gasteiger partial charge in [0.05, 0.1) is 5.69 Å². The van der Waals surface area contributed by atoms with E-state index in [9.17, 15) is 9.18 Å². The number of halogens is 1. The number of nitrogens with zero attached hydrogens (tertiary/aromatic N) is 4. The Labute approximate surface area is 165 Å². The highest BCUT2D eigenvalue weighted by molar-refractivity contribution is 5.68. The molecule has 3 rings (SSSR count). The second-order valence-corrected chi connectivity index (χ2v) is 8.30. The van der Waals surface area contributed by atoms with E-state index in [1.807, 2.05) is 34.6 Å². The van der Waals surface area contributed by atoms with Crippen LogP contribution in [0.1, 0.15) is 63.7 Å². The number of hydrogen-bond acceptors (Lipinski definition) is 4. The molecule has 1 aliphatic rings. The molecule has 0 atom stereocenters. The maximum atomic E-state index is 13.6. The number of rotatable bonds is 3. The second-order valence-electron chi connectivity index (χ2n) is 8.30. The van der Waals surface area contributed by atoms with Gasteiger partial charge in [-0.3, -0.25) is 0 Å². The highest BCUT2D eigenvalue weighted by Gasteiger charge is 2.29. The van der Waals surface area contributed by atoms with E-state index < -0.39 is 5.60 Å². The highest BCUT2D eigenvalue weighted by Crippen LogP contribution is 2.28. The number of likely N-dealkylation sites (tertiary alicyclic amines) is 1. The van der Waals surface area contributed by atoms with Crippen LogP contribution >= 0.6 is 0 Å². The van der Waals surface area contributed by atoms with Crippen LogP contribution in [0.25, 0.3) is 5.69 Å². The van der Waals surface area contributed by atoms with Crippen LogP contribution in [0.3, 0.4) is 0 Å². The number of aryl methyl sites for hydroxylation is 2. The molecule has 0 N–H and O–H groups in total. The van der Waals surface area contributed by atoms with Gasteiger partial charge in [0.2, 0.25) is 0 Å². The van der Waals surface area contributed by atoms with Crippen molar-refractivity contribution in [3.63, 3.8) is 0 Å². The summed E-state index contributed by atoms with van der Waals surface area (Å²) >= 11 is 0. The third-order valence-electron chi connectivity index (χ3n) is 4.95. The first kappa shape index (κ1) is 20.3. The zero-order valence-electron chi connectivity index (χ0n) is 17.3. The first-order valence-electron chi connectivity index (χ1n) is 9.88. The Bertz CT molecular complexity index is 849. The van der Waals surface area contributed by atoms with E-state index in [-0.39, 0.29) is 17.8 Å². The van der Waals surface area contributed by atoms with Gasteiger partial charge < -0.3 is 9.64 Å². The normalized spacial score (nSPS) is 15.7. The van der Waals surface area contributed by atoms with E-state index in [1.54, 1.807) is 21.7 Å². The van der Waals surface area contributed by atoms with Gasteiger partial charge in [-0.2, -0.15) is 5.10 Å². The zero-order chi connectivity index (χ0) is 20.5. The Morgan fingerprint density at radius 2 is 1.96 bits per heavy atom. The van der Waals surface area contributed by atoms with Crippen molar-refractivity contribution >= 4 is 6.09 Å². The minimum Gasteiger partial charge on any atom is -0.444 e. The summed E-state index contributed by atoms with van der Waals surface area (Å²) in [5.74, 6) is 1.52. The average Bonchev–Trinajstić information content (AvgIpc) is 3.02. The van der Waals surface area contributed by atoms with Crippen molar-refractivity contribution in [3.05, 3.63) is 41.2 Å². The van der Waals surface area contributed by atoms with Crippen LogP contribution in [0.4, 0.5) is 9.18 Å². The first-order valence-corrected chi connectivity index (χ1v) is 9.88. The van der Waals surface area contributed by atoms with Crippen molar-refractivity contribution in [2.24, 2.45) is 0 Å². The lowest BCUT2D eigenvalue weighted by molar-refractivity contribution is 0.0203. The maximum Gasteiger partial charge on any atom is 0.410 e. The molecule has 0 radical (unpaired) electrons. The number of carbonyl (C=O) groups excluding carboxylic acids is 1. The minimum absolute atomic E-state index is 0.198. The summed E-state index contributed by atoms with van der Waals surface area (Å²) in [6.45, 7) is 10.8. The number of aromatic nitrogens is 3. The van der Waals surface area contributed by atoms with Crippen LogP contribution in [0.2, 0.25) is 0 Å². The summed E-state index contributed by atoms with van der Waals surface area (Å²) in [6, 6.07) is 4.76. The fourth-order valence-corrected chi connectivity index (χ4v) is 3.50. The molecule has 0 bridgehead atoms. The van der Waals surface area contributed by atoms with Gasteiger partial charge >= 0.3 is 6.09 Å². The average molecular weight is 388 g/mol. The molecule has 2 aromatic rings. The third-order valence-corrected chi connectivity index (χ3v) is 4.95. The molecule has 1 amide bonds. The maximum absolute atomic E-state index is 13.6. The predicted molar refractivity (Wildman–Crippen MR) is 105 cm³/mol. The van der Waals surface area contributed by atoms with Gasteiger partial charge in [0.15, 0.2) is 5.82 Å². The van der Waals surface area contributed by atoms with E-state index in [0.29, 0.717) is 13.1 Å². The summed E-state index contributed by atoms with van der Waals surface area (Å²) in [5.41, 5.74) is 1.28. The molecule has 2 heterocycles. The molecule has 152 valence electrons. The number of amides is 1. The molecule has 1 aromatic carbocycles. The van der Waals surface area contributed by atoms with E-state index in [4.69, 9.17) is 9.84 Å². The molecule has 7 heteroatoms. The van der Waals surface area contributed by atoms with Crippen LogP contribution in [0.15, 0.2) is 18.2 Å². The molecule has 6 nitrogen and oxygen atoms in total. The lowest BCUT2D eigenvalue weighted by Gasteiger charge is -2.32. The van der Waals surface area contributed by atoms with Gasteiger partial charge in [0, 0.05) is 19.0 Å². The van der Waals surface area contributed by atoms with Gasteiger partial charge in [0.1, 0.15) is 17.2 Å². The summed E-state index contributed by atoms with van der Waals surface area (Å²) < 4.78 is 20.8. The van der Waals surface area contributed by atoms with Gasteiger partial charge in [-0.05, 0) is 70.7 Å². The van der Waals surface area contributed by atoms with Crippen LogP contribution in [0, 0.1) is 12.7 Å². The Hall–Kier alpha value is -2.44. The Morgan fingerprint density at radius 1 is 1.29 bits per heavy atom. The van der Waals surface area contributed by atoms with Crippen LogP contribution in [-0.2, 0) is 11.2 Å². The molecular weight excluding hydrogens is 359 g/mol. The van der Waals surface area contributed by atoms with Crippen molar-refractivity contribution in [1.82, 2.24) is 19.7 Å². The number of benzene rings is 1. The lowest BCUT2D eigenvalue weighted by Crippen LogP contribution is -2.41. The van der Waals surface area contributed by atoms with Crippen LogP contribution in [0.5, 0.6) is 0 Å². The summed E-state index contributed by atoms with van der Waals surface area (Å²) in [7, 11) is 0. The fraction of sp³-hybridized carbons (Fsp3) is 0.571. The molecular formula is C21H29FN4O2. The molecule has 0 aliphatic carbocycles. The number of carbonyl (C=O) groups is 1. The number of piperidine rings is 1. The third kappa shape index (κ3) is 4.51. The second kappa shape index (κ2) is 7.89. The van der Waals surface area contributed by atoms with Gasteiger partial charge in [-0.25, -0.2) is 18.9 Å². The number of hydrogen-bond donors (Lipinski definition) is 0. The first-order chi connectivity index (χ1) is 13.2. The molecule has 0 saturated carbocycles. The monoisotopic (exact) mass is 388 g/mol. The smallest absolute Gasteiger partial charge is 0.410 e. The lowest BCUT2D eigenvalue weighted by atomic mass is 9.96. The summed E-state index contributed by atoms with van der Waals surface area (Å²) in [4.78, 5) is 18.6. The summed E-state index contributed by atoms with van der Waals surface area (Å²) in [5, 5.41) is 4.72. The van der Waals surface area contributed by atoms with Crippen molar-refractivity contribution < 1.29 is 13.9 Å².